The molecule has 0 aliphatic heterocycles. The maximum Gasteiger partial charge on any atom is 0.305 e. The van der Waals surface area contributed by atoms with Crippen molar-refractivity contribution in [1.82, 2.24) is 5.32 Å². The molecule has 0 aromatic carbocycles. The lowest BCUT2D eigenvalue weighted by Crippen LogP contribution is -2.45. The summed E-state index contributed by atoms with van der Waals surface area (Å²) in [6.45, 7) is 5.01. The zero-order chi connectivity index (χ0) is 65.6. The van der Waals surface area contributed by atoms with Crippen LogP contribution in [0.3, 0.4) is 0 Å². The molecule has 0 bridgehead atoms. The normalized spacial score (nSPS) is 12.5. The Labute approximate surface area is 571 Å². The number of rotatable bonds is 80. The summed E-state index contributed by atoms with van der Waals surface area (Å²) in [7, 11) is 0. The Hall–Kier alpha value is -1.66. The van der Waals surface area contributed by atoms with Gasteiger partial charge in [0.05, 0.1) is 25.4 Å². The van der Waals surface area contributed by atoms with Gasteiger partial charge in [0.25, 0.3) is 0 Å². The lowest BCUT2D eigenvalue weighted by Gasteiger charge is -2.22. The number of hydrogen-bond donors (Lipinski definition) is 3. The van der Waals surface area contributed by atoms with Crippen LogP contribution < -0.4 is 5.32 Å². The van der Waals surface area contributed by atoms with Crippen LogP contribution in [0.2, 0.25) is 0 Å². The summed E-state index contributed by atoms with van der Waals surface area (Å²) in [4.78, 5) is 24.6. The summed E-state index contributed by atoms with van der Waals surface area (Å²) in [5, 5.41) is 23.5. The Kier molecular flexibility index (Phi) is 79.3. The van der Waals surface area contributed by atoms with E-state index in [4.69, 9.17) is 4.74 Å². The SMILES string of the molecule is CCCCCCCCCCCCCCCCCCCCCCCCCC(O)C(CO)NC(=O)CCCCCCCCCCCCCCCCCCC/C=C\C/C=C\CCCCCCCCCCCCCCCCCOC(=O)CCCCCCCCCCCCCC. The Morgan fingerprint density at radius 3 is 0.835 bits per heavy atom. The fourth-order valence-corrected chi connectivity index (χ4v) is 13.6. The van der Waals surface area contributed by atoms with Crippen molar-refractivity contribution in [2.24, 2.45) is 0 Å². The molecule has 2 unspecified atom stereocenters. The molecule has 0 saturated heterocycles. The van der Waals surface area contributed by atoms with E-state index in [1.165, 1.54) is 405 Å². The van der Waals surface area contributed by atoms with Crippen molar-refractivity contribution in [3.63, 3.8) is 0 Å². The molecule has 3 N–H and O–H groups in total. The van der Waals surface area contributed by atoms with Gasteiger partial charge in [-0.05, 0) is 57.8 Å². The van der Waals surface area contributed by atoms with Crippen molar-refractivity contribution in [2.75, 3.05) is 13.2 Å². The quantitative estimate of drug-likeness (QED) is 0.0320. The van der Waals surface area contributed by atoms with Crippen LogP contribution in [0.5, 0.6) is 0 Å². The Morgan fingerprint density at radius 2 is 0.549 bits per heavy atom. The predicted molar refractivity (Wildman–Crippen MR) is 403 cm³/mol. The summed E-state index contributed by atoms with van der Waals surface area (Å²) in [5.74, 6) is -0.00388. The maximum absolute atomic E-state index is 12.6. The molecule has 0 aliphatic carbocycles. The molecule has 2 atom stereocenters. The zero-order valence-corrected chi connectivity index (χ0v) is 62.1. The average Bonchev–Trinajstić information content (AvgIpc) is 3.74. The number of carbonyl (C=O) groups is 2. The van der Waals surface area contributed by atoms with E-state index in [9.17, 15) is 19.8 Å². The van der Waals surface area contributed by atoms with Crippen LogP contribution >= 0.6 is 0 Å². The number of nitrogens with one attached hydrogen (secondary N) is 1. The fraction of sp³-hybridized carbons (Fsp3) is 0.929. The van der Waals surface area contributed by atoms with Gasteiger partial charge in [0.2, 0.25) is 5.91 Å². The standard InChI is InChI=1S/C85H165NO5/c1-3-5-7-9-11-13-15-17-18-19-20-21-39-42-45-48-51-54-57-61-65-69-73-77-83(88)82(81-87)86-84(89)78-74-70-66-62-58-55-52-49-46-43-40-37-35-33-31-29-27-25-23-22-24-26-28-30-32-34-36-38-41-44-47-50-53-56-60-64-68-72-76-80-91-85(90)79-75-71-67-63-59-16-14-12-10-8-6-4-2/h22-23,26,28,82-83,87-88H,3-21,24-25,27,29-81H2,1-2H3,(H,86,89)/b23-22-,28-26-. The summed E-state index contributed by atoms with van der Waals surface area (Å²) in [5.41, 5.74) is 0. The largest absolute Gasteiger partial charge is 0.466 e. The van der Waals surface area contributed by atoms with Gasteiger partial charge in [0, 0.05) is 12.8 Å². The number of aliphatic hydroxyl groups is 2. The highest BCUT2D eigenvalue weighted by Gasteiger charge is 2.20. The minimum absolute atomic E-state index is 0.0220. The van der Waals surface area contributed by atoms with Gasteiger partial charge in [-0.25, -0.2) is 0 Å². The van der Waals surface area contributed by atoms with Gasteiger partial charge >= 0.3 is 5.97 Å². The highest BCUT2D eigenvalue weighted by atomic mass is 16.5. The second-order valence-electron chi connectivity index (χ2n) is 29.2. The van der Waals surface area contributed by atoms with Gasteiger partial charge in [0.1, 0.15) is 0 Å². The van der Waals surface area contributed by atoms with Gasteiger partial charge in [-0.2, -0.15) is 0 Å². The van der Waals surface area contributed by atoms with E-state index in [2.05, 4.69) is 43.5 Å². The Balaban J connectivity index is 3.35. The van der Waals surface area contributed by atoms with E-state index in [0.717, 1.165) is 44.9 Å². The van der Waals surface area contributed by atoms with Crippen LogP contribution in [0.1, 0.15) is 483 Å². The van der Waals surface area contributed by atoms with E-state index >= 15 is 0 Å². The highest BCUT2D eigenvalue weighted by Crippen LogP contribution is 2.21. The highest BCUT2D eigenvalue weighted by molar-refractivity contribution is 5.76. The van der Waals surface area contributed by atoms with Gasteiger partial charge in [-0.1, -0.05) is 436 Å². The molecule has 0 aromatic heterocycles. The lowest BCUT2D eigenvalue weighted by atomic mass is 10.0. The number of aliphatic hydroxyl groups excluding tert-OH is 2. The van der Waals surface area contributed by atoms with Crippen LogP contribution in [0.4, 0.5) is 0 Å². The fourth-order valence-electron chi connectivity index (χ4n) is 13.6. The number of amides is 1. The van der Waals surface area contributed by atoms with Crippen molar-refractivity contribution in [1.29, 1.82) is 0 Å². The second kappa shape index (κ2) is 80.8. The van der Waals surface area contributed by atoms with Crippen LogP contribution in [0.25, 0.3) is 0 Å². The van der Waals surface area contributed by atoms with Gasteiger partial charge in [-0.3, -0.25) is 9.59 Å². The minimum Gasteiger partial charge on any atom is -0.466 e. The number of carbonyl (C=O) groups excluding carboxylic acids is 2. The third-order valence-corrected chi connectivity index (χ3v) is 20.0. The molecule has 6 nitrogen and oxygen atoms in total. The molecular formula is C85H165NO5. The molecule has 1 amide bonds. The van der Waals surface area contributed by atoms with Gasteiger partial charge in [-0.15, -0.1) is 0 Å². The molecule has 0 spiro atoms. The molecule has 540 valence electrons. The van der Waals surface area contributed by atoms with Crippen molar-refractivity contribution >= 4 is 11.9 Å². The molecule has 0 fully saturated rings. The van der Waals surface area contributed by atoms with Gasteiger partial charge < -0.3 is 20.3 Å². The van der Waals surface area contributed by atoms with Crippen molar-refractivity contribution < 1.29 is 24.5 Å². The second-order valence-corrected chi connectivity index (χ2v) is 29.2. The molecular weight excluding hydrogens is 1110 g/mol. The molecule has 0 heterocycles. The number of esters is 1. The number of unbranched alkanes of at least 4 members (excludes halogenated alkanes) is 65. The van der Waals surface area contributed by atoms with Gasteiger partial charge in [0.15, 0.2) is 0 Å². The molecule has 0 rings (SSSR count). The smallest absolute Gasteiger partial charge is 0.305 e. The summed E-state index contributed by atoms with van der Waals surface area (Å²) in [6.07, 6.45) is 104. The number of ether oxygens (including phenoxy) is 1. The summed E-state index contributed by atoms with van der Waals surface area (Å²) in [6, 6.07) is -0.540. The van der Waals surface area contributed by atoms with E-state index in [0.29, 0.717) is 25.9 Å². The molecule has 6 heteroatoms. The van der Waals surface area contributed by atoms with Crippen molar-refractivity contribution in [3.05, 3.63) is 24.3 Å². The molecule has 0 aliphatic rings. The van der Waals surface area contributed by atoms with Crippen molar-refractivity contribution in [2.45, 2.75) is 495 Å². The van der Waals surface area contributed by atoms with Crippen LogP contribution in [0, 0.1) is 0 Å². The summed E-state index contributed by atoms with van der Waals surface area (Å²) >= 11 is 0. The molecule has 0 radical (unpaired) electrons. The number of hydrogen-bond acceptors (Lipinski definition) is 5. The third kappa shape index (κ3) is 77.2. The third-order valence-electron chi connectivity index (χ3n) is 20.0. The minimum atomic E-state index is -0.663. The monoisotopic (exact) mass is 1280 g/mol. The van der Waals surface area contributed by atoms with Crippen molar-refractivity contribution in [3.8, 4) is 0 Å². The maximum atomic E-state index is 12.6. The topological polar surface area (TPSA) is 95.9 Å². The van der Waals surface area contributed by atoms with Crippen LogP contribution in [-0.2, 0) is 14.3 Å². The molecule has 91 heavy (non-hydrogen) atoms. The van der Waals surface area contributed by atoms with Crippen LogP contribution in [0.15, 0.2) is 24.3 Å². The van der Waals surface area contributed by atoms with E-state index in [1.54, 1.807) is 0 Å². The predicted octanol–water partition coefficient (Wildman–Crippen LogP) is 28.0. The van der Waals surface area contributed by atoms with Crippen LogP contribution in [-0.4, -0.2) is 47.4 Å². The first kappa shape index (κ1) is 89.3. The molecule has 0 aromatic rings. The Bertz CT molecular complexity index is 1430. The average molecular weight is 1280 g/mol. The number of allylic oxidation sites excluding steroid dienone is 4. The Morgan fingerprint density at radius 1 is 0.308 bits per heavy atom. The first-order valence-corrected chi connectivity index (χ1v) is 42.1. The van der Waals surface area contributed by atoms with E-state index in [-0.39, 0.29) is 18.5 Å². The lowest BCUT2D eigenvalue weighted by molar-refractivity contribution is -0.143. The first-order valence-electron chi connectivity index (χ1n) is 42.1. The zero-order valence-electron chi connectivity index (χ0n) is 62.1. The first-order chi connectivity index (χ1) is 45.0. The summed E-state index contributed by atoms with van der Waals surface area (Å²) < 4.78 is 5.49. The molecule has 0 saturated carbocycles. The van der Waals surface area contributed by atoms with E-state index in [1.807, 2.05) is 0 Å². The van der Waals surface area contributed by atoms with E-state index < -0.39 is 12.1 Å².